The van der Waals surface area contributed by atoms with E-state index in [9.17, 15) is 5.11 Å². The number of aliphatic hydroxyl groups is 1. The van der Waals surface area contributed by atoms with Gasteiger partial charge < -0.3 is 9.84 Å². The van der Waals surface area contributed by atoms with E-state index < -0.39 is 6.10 Å². The van der Waals surface area contributed by atoms with E-state index in [1.54, 1.807) is 18.2 Å². The van der Waals surface area contributed by atoms with Gasteiger partial charge in [0.05, 0.1) is 11.6 Å². The fourth-order valence-corrected chi connectivity index (χ4v) is 3.76. The number of nitrogens with two attached hydrogens (primary N) is 1. The van der Waals surface area contributed by atoms with Crippen LogP contribution in [-0.2, 0) is 13.1 Å². The molecule has 1 atom stereocenters. The Kier molecular flexibility index (Phi) is 7.05. The summed E-state index contributed by atoms with van der Waals surface area (Å²) >= 11 is 12.0. The lowest BCUT2D eigenvalue weighted by molar-refractivity contribution is -0.665. The standard InChI is InChI=1S/C21H25Cl2N3O2/c1-2-3-6-11-25-18-7-4-5-8-19(18)26(21(25)24)13-16(27)14-28-20-10-9-15(22)12-17(20)23/h4-5,7-10,12,16,24,27H,2-3,6,11,13-14H2,1H3/p+1/t16-/m1/s1. The van der Waals surface area contributed by atoms with Crippen molar-refractivity contribution >= 4 is 40.2 Å². The average molecular weight is 423 g/mol. The zero-order chi connectivity index (χ0) is 20.1. The lowest BCUT2D eigenvalue weighted by Gasteiger charge is -2.13. The number of aryl methyl sites for hydroxylation is 1. The first-order valence-electron chi connectivity index (χ1n) is 9.53. The smallest absolute Gasteiger partial charge is 0.356 e. The molecular formula is C21H26Cl2N3O2+. The fraction of sp³-hybridized carbons (Fsp3) is 0.381. The molecule has 0 saturated carbocycles. The Labute approximate surface area is 175 Å². The quantitative estimate of drug-likeness (QED) is 0.395. The van der Waals surface area contributed by atoms with Gasteiger partial charge in [-0.3, -0.25) is 5.73 Å². The molecule has 0 amide bonds. The summed E-state index contributed by atoms with van der Waals surface area (Å²) in [5.74, 6) is 1.13. The molecule has 7 heteroatoms. The highest BCUT2D eigenvalue weighted by atomic mass is 35.5. The van der Waals surface area contributed by atoms with Crippen molar-refractivity contribution in [1.82, 2.24) is 4.57 Å². The van der Waals surface area contributed by atoms with Crippen molar-refractivity contribution in [2.45, 2.75) is 45.4 Å². The Morgan fingerprint density at radius 1 is 1.18 bits per heavy atom. The predicted octanol–water partition coefficient (Wildman–Crippen LogP) is 4.45. The topological polar surface area (TPSA) is 64.3 Å². The Hall–Kier alpha value is -1.95. The summed E-state index contributed by atoms with van der Waals surface area (Å²) in [5, 5.41) is 11.5. The molecule has 0 fully saturated rings. The molecule has 0 spiro atoms. The molecule has 1 heterocycles. The summed E-state index contributed by atoms with van der Waals surface area (Å²) < 4.78 is 9.73. The number of unbranched alkanes of at least 4 members (excludes halogenated alkanes) is 2. The highest BCUT2D eigenvalue weighted by Crippen LogP contribution is 2.27. The van der Waals surface area contributed by atoms with Gasteiger partial charge in [-0.1, -0.05) is 55.1 Å². The van der Waals surface area contributed by atoms with Crippen molar-refractivity contribution in [3.8, 4) is 5.75 Å². The number of halogens is 2. The predicted molar refractivity (Wildman–Crippen MR) is 114 cm³/mol. The van der Waals surface area contributed by atoms with Crippen molar-refractivity contribution < 1.29 is 14.4 Å². The van der Waals surface area contributed by atoms with Crippen LogP contribution in [0.3, 0.4) is 0 Å². The van der Waals surface area contributed by atoms with Gasteiger partial charge in [0.25, 0.3) is 0 Å². The molecule has 5 nitrogen and oxygen atoms in total. The normalized spacial score (nSPS) is 12.4. The second-order valence-electron chi connectivity index (χ2n) is 6.86. The second-order valence-corrected chi connectivity index (χ2v) is 7.70. The number of rotatable bonds is 9. The summed E-state index contributed by atoms with van der Waals surface area (Å²) in [4.78, 5) is 0. The van der Waals surface area contributed by atoms with Gasteiger partial charge in [0.2, 0.25) is 0 Å². The number of anilines is 1. The highest BCUT2D eigenvalue weighted by Gasteiger charge is 2.22. The molecule has 3 rings (SSSR count). The average Bonchev–Trinajstić information content (AvgIpc) is 2.93. The fourth-order valence-electron chi connectivity index (χ4n) is 3.30. The van der Waals surface area contributed by atoms with E-state index >= 15 is 0 Å². The van der Waals surface area contributed by atoms with Crippen LogP contribution in [0.5, 0.6) is 5.75 Å². The summed E-state index contributed by atoms with van der Waals surface area (Å²) in [5.41, 5.74) is 8.51. The molecular weight excluding hydrogens is 397 g/mol. The lowest BCUT2D eigenvalue weighted by Crippen LogP contribution is -2.43. The number of nitrogens with zero attached hydrogens (tertiary/aromatic N) is 2. The lowest BCUT2D eigenvalue weighted by atomic mass is 10.2. The molecule has 0 bridgehead atoms. The maximum atomic E-state index is 10.5. The highest BCUT2D eigenvalue weighted by molar-refractivity contribution is 6.35. The van der Waals surface area contributed by atoms with Crippen LogP contribution in [0, 0.1) is 0 Å². The summed E-state index contributed by atoms with van der Waals surface area (Å²) in [7, 11) is 0. The maximum Gasteiger partial charge on any atom is 0.356 e. The van der Waals surface area contributed by atoms with Gasteiger partial charge in [0.15, 0.2) is 0 Å². The summed E-state index contributed by atoms with van der Waals surface area (Å²) in [6.07, 6.45) is 2.64. The van der Waals surface area contributed by atoms with E-state index in [-0.39, 0.29) is 6.61 Å². The number of aromatic nitrogens is 2. The number of para-hydroxylation sites is 2. The summed E-state index contributed by atoms with van der Waals surface area (Å²) in [6.45, 7) is 3.47. The molecule has 28 heavy (non-hydrogen) atoms. The number of imidazole rings is 1. The number of aliphatic hydroxyl groups excluding tert-OH is 1. The van der Waals surface area contributed by atoms with Crippen LogP contribution < -0.4 is 15.0 Å². The van der Waals surface area contributed by atoms with Crippen molar-refractivity contribution in [2.24, 2.45) is 0 Å². The Morgan fingerprint density at radius 2 is 1.96 bits per heavy atom. The largest absolute Gasteiger partial charge is 0.489 e. The van der Waals surface area contributed by atoms with E-state index in [4.69, 9.17) is 33.7 Å². The Morgan fingerprint density at radius 3 is 2.71 bits per heavy atom. The molecule has 150 valence electrons. The van der Waals surface area contributed by atoms with Gasteiger partial charge in [-0.2, -0.15) is 0 Å². The van der Waals surface area contributed by atoms with Crippen molar-refractivity contribution in [2.75, 3.05) is 12.3 Å². The number of fused-ring (bicyclic) bond motifs is 1. The minimum Gasteiger partial charge on any atom is -0.489 e. The van der Waals surface area contributed by atoms with E-state index in [1.165, 1.54) is 0 Å². The van der Waals surface area contributed by atoms with Crippen molar-refractivity contribution in [3.05, 3.63) is 52.5 Å². The first kappa shape index (κ1) is 20.8. The third-order valence-electron chi connectivity index (χ3n) is 4.72. The van der Waals surface area contributed by atoms with Crippen LogP contribution in [0.1, 0.15) is 26.2 Å². The van der Waals surface area contributed by atoms with E-state index in [0.29, 0.717) is 28.3 Å². The zero-order valence-corrected chi connectivity index (χ0v) is 17.5. The molecule has 0 radical (unpaired) electrons. The van der Waals surface area contributed by atoms with Crippen LogP contribution in [-0.4, -0.2) is 22.4 Å². The zero-order valence-electron chi connectivity index (χ0n) is 15.9. The van der Waals surface area contributed by atoms with Gasteiger partial charge in [-0.25, -0.2) is 9.13 Å². The van der Waals surface area contributed by atoms with Crippen molar-refractivity contribution in [1.29, 1.82) is 0 Å². The second kappa shape index (κ2) is 9.50. The van der Waals surface area contributed by atoms with Gasteiger partial charge >= 0.3 is 5.95 Å². The van der Waals surface area contributed by atoms with E-state index in [1.807, 2.05) is 22.8 Å². The first-order chi connectivity index (χ1) is 13.5. The number of hydrogen-bond acceptors (Lipinski definition) is 3. The third-order valence-corrected chi connectivity index (χ3v) is 5.25. The van der Waals surface area contributed by atoms with Crippen LogP contribution in [0.2, 0.25) is 10.0 Å². The number of benzene rings is 2. The van der Waals surface area contributed by atoms with Gasteiger partial charge in [-0.05, 0) is 36.8 Å². The van der Waals surface area contributed by atoms with Crippen LogP contribution in [0.4, 0.5) is 5.95 Å². The van der Waals surface area contributed by atoms with Gasteiger partial charge in [-0.15, -0.1) is 0 Å². The molecule has 0 saturated heterocycles. The van der Waals surface area contributed by atoms with Crippen LogP contribution in [0.25, 0.3) is 11.0 Å². The molecule has 0 unspecified atom stereocenters. The Bertz CT molecular complexity index is 943. The van der Waals surface area contributed by atoms with Gasteiger partial charge in [0, 0.05) is 5.02 Å². The molecule has 0 aliphatic heterocycles. The Balaban J connectivity index is 1.74. The van der Waals surface area contributed by atoms with Gasteiger partial charge in [0.1, 0.15) is 36.0 Å². The number of hydrogen-bond donors (Lipinski definition) is 2. The molecule has 3 N–H and O–H groups in total. The third kappa shape index (κ3) is 4.72. The number of ether oxygens (including phenoxy) is 1. The van der Waals surface area contributed by atoms with Crippen LogP contribution in [0.15, 0.2) is 42.5 Å². The molecule has 0 aliphatic carbocycles. The van der Waals surface area contributed by atoms with E-state index in [0.717, 1.165) is 36.8 Å². The SMILES string of the molecule is CCCCCn1c(N)[n+](C[C@@H](O)COc2ccc(Cl)cc2Cl)c2ccccc21. The number of nitrogen functional groups attached to an aromatic ring is 1. The minimum atomic E-state index is -0.742. The minimum absolute atomic E-state index is 0.100. The molecule has 3 aromatic rings. The monoisotopic (exact) mass is 422 g/mol. The first-order valence-corrected chi connectivity index (χ1v) is 10.3. The summed E-state index contributed by atoms with van der Waals surface area (Å²) in [6, 6.07) is 13.1. The van der Waals surface area contributed by atoms with Crippen LogP contribution >= 0.6 is 23.2 Å². The van der Waals surface area contributed by atoms with E-state index in [2.05, 4.69) is 17.6 Å². The molecule has 1 aromatic heterocycles. The maximum absolute atomic E-state index is 10.5. The molecule has 2 aromatic carbocycles. The molecule has 0 aliphatic rings. The van der Waals surface area contributed by atoms with Crippen molar-refractivity contribution in [3.63, 3.8) is 0 Å².